The number of aromatic nitrogens is 3. The molecule has 0 fully saturated rings. The number of hydrogen-bond acceptors (Lipinski definition) is 4. The predicted molar refractivity (Wildman–Crippen MR) is 74.3 cm³/mol. The van der Waals surface area contributed by atoms with Crippen LogP contribution < -0.4 is 10.1 Å². The molecule has 0 saturated heterocycles. The fourth-order valence-electron chi connectivity index (χ4n) is 1.68. The van der Waals surface area contributed by atoms with Gasteiger partial charge in [-0.05, 0) is 32.0 Å². The summed E-state index contributed by atoms with van der Waals surface area (Å²) in [6.07, 6.45) is 7.16. The highest BCUT2D eigenvalue weighted by Gasteiger charge is 2.04. The Balaban J connectivity index is 2.05. The van der Waals surface area contributed by atoms with Gasteiger partial charge in [-0.1, -0.05) is 6.92 Å². The smallest absolute Gasteiger partial charge is 0.165 e. The molecule has 102 valence electrons. The molecule has 2 heterocycles. The van der Waals surface area contributed by atoms with Gasteiger partial charge < -0.3 is 10.1 Å². The van der Waals surface area contributed by atoms with Crippen LogP contribution in [0, 0.1) is 0 Å². The molecule has 0 aliphatic heterocycles. The monoisotopic (exact) mass is 260 g/mol. The van der Waals surface area contributed by atoms with Crippen molar-refractivity contribution in [2.75, 3.05) is 6.54 Å². The third kappa shape index (κ3) is 3.79. The van der Waals surface area contributed by atoms with Gasteiger partial charge in [0.05, 0.1) is 18.6 Å². The summed E-state index contributed by atoms with van der Waals surface area (Å²) in [5, 5.41) is 7.51. The fraction of sp³-hybridized carbons (Fsp3) is 0.429. The molecule has 5 heteroatoms. The number of ether oxygens (including phenoxy) is 1. The van der Waals surface area contributed by atoms with Crippen LogP contribution in [0.4, 0.5) is 0 Å². The van der Waals surface area contributed by atoms with Crippen molar-refractivity contribution >= 4 is 0 Å². The highest BCUT2D eigenvalue weighted by molar-refractivity contribution is 5.28. The van der Waals surface area contributed by atoms with Crippen LogP contribution >= 0.6 is 0 Å². The lowest BCUT2D eigenvalue weighted by molar-refractivity contribution is 0.474. The molecule has 0 radical (unpaired) electrons. The Morgan fingerprint density at radius 2 is 2.11 bits per heavy atom. The molecule has 0 amide bonds. The highest BCUT2D eigenvalue weighted by atomic mass is 16.5. The van der Waals surface area contributed by atoms with Gasteiger partial charge in [-0.2, -0.15) is 5.10 Å². The molecule has 2 aromatic rings. The number of nitrogens with one attached hydrogen (secondary N) is 1. The molecule has 5 nitrogen and oxygen atoms in total. The second-order valence-corrected chi connectivity index (χ2v) is 4.66. The van der Waals surface area contributed by atoms with Crippen LogP contribution in [0.3, 0.4) is 0 Å². The first-order valence-electron chi connectivity index (χ1n) is 6.55. The molecule has 0 atom stereocenters. The van der Waals surface area contributed by atoms with E-state index in [0.717, 1.165) is 30.2 Å². The zero-order valence-electron chi connectivity index (χ0n) is 11.6. The van der Waals surface area contributed by atoms with E-state index >= 15 is 0 Å². The molecule has 19 heavy (non-hydrogen) atoms. The summed E-state index contributed by atoms with van der Waals surface area (Å²) >= 11 is 0. The molecule has 0 aliphatic carbocycles. The molecule has 1 N–H and O–H groups in total. The normalized spacial score (nSPS) is 10.9. The molecular formula is C14H20N4O. The summed E-state index contributed by atoms with van der Waals surface area (Å²) in [4.78, 5) is 4.18. The minimum absolute atomic E-state index is 0.329. The van der Waals surface area contributed by atoms with Crippen LogP contribution in [0.25, 0.3) is 0 Å². The Morgan fingerprint density at radius 3 is 2.79 bits per heavy atom. The van der Waals surface area contributed by atoms with Gasteiger partial charge in [-0.3, -0.25) is 9.67 Å². The highest BCUT2D eigenvalue weighted by Crippen LogP contribution is 2.21. The second kappa shape index (κ2) is 6.33. The van der Waals surface area contributed by atoms with Crippen molar-refractivity contribution in [1.29, 1.82) is 0 Å². The molecule has 0 bridgehead atoms. The van der Waals surface area contributed by atoms with Gasteiger partial charge in [0.25, 0.3) is 0 Å². The van der Waals surface area contributed by atoms with Gasteiger partial charge in [0.15, 0.2) is 5.75 Å². The summed E-state index contributed by atoms with van der Waals surface area (Å²) in [6, 6.07) is 2.32. The maximum Gasteiger partial charge on any atom is 0.165 e. The van der Waals surface area contributed by atoms with E-state index in [-0.39, 0.29) is 0 Å². The Hall–Kier alpha value is -1.88. The standard InChI is InChI=1S/C14H20N4O/c1-4-15-6-12-5-13(8-16-7-12)19-14-9-17-18(10-14)11(2)3/h5,7-11,15H,4,6H2,1-3H3. The molecule has 0 aliphatic rings. The molecular weight excluding hydrogens is 240 g/mol. The number of hydrogen-bond donors (Lipinski definition) is 1. The van der Waals surface area contributed by atoms with E-state index in [0.29, 0.717) is 6.04 Å². The predicted octanol–water partition coefficient (Wildman–Crippen LogP) is 2.76. The second-order valence-electron chi connectivity index (χ2n) is 4.66. The van der Waals surface area contributed by atoms with E-state index in [9.17, 15) is 0 Å². The third-order valence-electron chi connectivity index (χ3n) is 2.69. The summed E-state index contributed by atoms with van der Waals surface area (Å²) in [7, 11) is 0. The van der Waals surface area contributed by atoms with Crippen molar-refractivity contribution in [2.24, 2.45) is 0 Å². The molecule has 0 aromatic carbocycles. The van der Waals surface area contributed by atoms with Crippen LogP contribution in [0.2, 0.25) is 0 Å². The Morgan fingerprint density at radius 1 is 1.26 bits per heavy atom. The van der Waals surface area contributed by atoms with Crippen LogP contribution in [0.15, 0.2) is 30.9 Å². The summed E-state index contributed by atoms with van der Waals surface area (Å²) in [5.41, 5.74) is 1.11. The van der Waals surface area contributed by atoms with Crippen LogP contribution in [0.5, 0.6) is 11.5 Å². The molecule has 0 spiro atoms. The van der Waals surface area contributed by atoms with Crippen molar-refractivity contribution in [1.82, 2.24) is 20.1 Å². The van der Waals surface area contributed by atoms with Gasteiger partial charge in [-0.15, -0.1) is 0 Å². The lowest BCUT2D eigenvalue weighted by atomic mass is 10.3. The lowest BCUT2D eigenvalue weighted by Gasteiger charge is -2.06. The minimum Gasteiger partial charge on any atom is -0.452 e. The molecule has 2 rings (SSSR count). The van der Waals surface area contributed by atoms with Gasteiger partial charge in [0, 0.05) is 18.8 Å². The first-order valence-corrected chi connectivity index (χ1v) is 6.55. The van der Waals surface area contributed by atoms with Gasteiger partial charge in [0.2, 0.25) is 0 Å². The van der Waals surface area contributed by atoms with Crippen molar-refractivity contribution in [3.05, 3.63) is 36.4 Å². The third-order valence-corrected chi connectivity index (χ3v) is 2.69. The Bertz CT molecular complexity index is 522. The number of rotatable bonds is 6. The van der Waals surface area contributed by atoms with Crippen LogP contribution in [-0.4, -0.2) is 21.3 Å². The van der Waals surface area contributed by atoms with Crippen molar-refractivity contribution in [3.8, 4) is 11.5 Å². The van der Waals surface area contributed by atoms with E-state index in [1.165, 1.54) is 0 Å². The quantitative estimate of drug-likeness (QED) is 0.867. The zero-order valence-corrected chi connectivity index (χ0v) is 11.6. The topological polar surface area (TPSA) is 52.0 Å². The first kappa shape index (κ1) is 13.5. The van der Waals surface area contributed by atoms with E-state index in [2.05, 4.69) is 36.2 Å². The summed E-state index contributed by atoms with van der Waals surface area (Å²) < 4.78 is 7.62. The average Bonchev–Trinajstić information content (AvgIpc) is 2.85. The molecule has 0 saturated carbocycles. The Labute approximate surface area is 113 Å². The van der Waals surface area contributed by atoms with Crippen LogP contribution in [0.1, 0.15) is 32.4 Å². The number of nitrogens with zero attached hydrogens (tertiary/aromatic N) is 3. The largest absolute Gasteiger partial charge is 0.452 e. The SMILES string of the molecule is CCNCc1cncc(Oc2cnn(C(C)C)c2)c1. The van der Waals surface area contributed by atoms with Crippen molar-refractivity contribution < 1.29 is 4.74 Å². The van der Waals surface area contributed by atoms with E-state index < -0.39 is 0 Å². The maximum absolute atomic E-state index is 5.76. The fourth-order valence-corrected chi connectivity index (χ4v) is 1.68. The zero-order chi connectivity index (χ0) is 13.7. The van der Waals surface area contributed by atoms with Gasteiger partial charge >= 0.3 is 0 Å². The van der Waals surface area contributed by atoms with E-state index in [1.54, 1.807) is 12.4 Å². The maximum atomic E-state index is 5.76. The van der Waals surface area contributed by atoms with E-state index in [4.69, 9.17) is 4.74 Å². The molecule has 2 aromatic heterocycles. The van der Waals surface area contributed by atoms with Gasteiger partial charge in [-0.25, -0.2) is 0 Å². The minimum atomic E-state index is 0.329. The van der Waals surface area contributed by atoms with Crippen LogP contribution in [-0.2, 0) is 6.54 Å². The van der Waals surface area contributed by atoms with Crippen molar-refractivity contribution in [3.63, 3.8) is 0 Å². The van der Waals surface area contributed by atoms with Gasteiger partial charge in [0.1, 0.15) is 5.75 Å². The first-order chi connectivity index (χ1) is 9.19. The average molecular weight is 260 g/mol. The lowest BCUT2D eigenvalue weighted by Crippen LogP contribution is -2.11. The van der Waals surface area contributed by atoms with E-state index in [1.807, 2.05) is 23.1 Å². The summed E-state index contributed by atoms with van der Waals surface area (Å²) in [6.45, 7) is 7.97. The van der Waals surface area contributed by atoms with Crippen molar-refractivity contribution in [2.45, 2.75) is 33.4 Å². The number of pyridine rings is 1. The Kier molecular flexibility index (Phi) is 4.52. The summed E-state index contributed by atoms with van der Waals surface area (Å²) in [5.74, 6) is 1.47. The molecule has 0 unspecified atom stereocenters.